The first kappa shape index (κ1) is 21.1. The van der Waals surface area contributed by atoms with Crippen LogP contribution in [0.1, 0.15) is 46.5 Å². The number of hydrogen-bond donors (Lipinski definition) is 1. The Labute approximate surface area is 175 Å². The molecule has 3 fully saturated rings. The lowest BCUT2D eigenvalue weighted by molar-refractivity contribution is -0.0564. The molecular weight excluding hydrogens is 367 g/mol. The molecule has 0 aromatic heterocycles. The summed E-state index contributed by atoms with van der Waals surface area (Å²) in [6.07, 6.45) is 4.44. The predicted octanol–water partition coefficient (Wildman–Crippen LogP) is 3.93. The third kappa shape index (κ3) is 3.94. The highest BCUT2D eigenvalue weighted by atomic mass is 19.1. The van der Waals surface area contributed by atoms with Crippen molar-refractivity contribution in [1.82, 2.24) is 4.90 Å². The molecule has 29 heavy (non-hydrogen) atoms. The average Bonchev–Trinajstić information content (AvgIpc) is 3.03. The molecule has 1 heterocycles. The van der Waals surface area contributed by atoms with Gasteiger partial charge < -0.3 is 14.7 Å². The number of nitrogens with zero attached hydrogens (tertiary/aromatic N) is 2. The molecule has 0 unspecified atom stereocenters. The van der Waals surface area contributed by atoms with Gasteiger partial charge in [-0.25, -0.2) is 4.39 Å². The van der Waals surface area contributed by atoms with E-state index >= 15 is 0 Å². The molecule has 3 aliphatic rings. The van der Waals surface area contributed by atoms with Crippen molar-refractivity contribution in [3.8, 4) is 0 Å². The number of β-amino-alcohol motifs (C(OH)–C–C–N with tert-alkyl or cyclic N) is 1. The molecule has 0 amide bonds. The molecule has 0 spiro atoms. The van der Waals surface area contributed by atoms with Gasteiger partial charge in [0.2, 0.25) is 0 Å². The van der Waals surface area contributed by atoms with Crippen molar-refractivity contribution in [2.45, 2.75) is 58.7 Å². The van der Waals surface area contributed by atoms with Gasteiger partial charge in [0.05, 0.1) is 17.9 Å². The first-order chi connectivity index (χ1) is 13.8. The molecule has 4 atom stereocenters. The zero-order valence-electron chi connectivity index (χ0n) is 18.2. The Morgan fingerprint density at radius 1 is 1.17 bits per heavy atom. The summed E-state index contributed by atoms with van der Waals surface area (Å²) in [7, 11) is 0. The van der Waals surface area contributed by atoms with Crippen LogP contribution in [0.25, 0.3) is 0 Å². The quantitative estimate of drug-likeness (QED) is 0.747. The number of anilines is 1. The van der Waals surface area contributed by atoms with Gasteiger partial charge in [-0.1, -0.05) is 32.9 Å². The van der Waals surface area contributed by atoms with Crippen LogP contribution in [0.15, 0.2) is 24.3 Å². The Kier molecular flexibility index (Phi) is 5.93. The van der Waals surface area contributed by atoms with Gasteiger partial charge in [-0.2, -0.15) is 0 Å². The van der Waals surface area contributed by atoms with Crippen LogP contribution in [0.3, 0.4) is 0 Å². The maximum Gasteiger partial charge on any atom is 0.146 e. The number of hydrogen-bond acceptors (Lipinski definition) is 4. The number of ether oxygens (including phenoxy) is 1. The summed E-state index contributed by atoms with van der Waals surface area (Å²) in [4.78, 5) is 4.38. The standard InChI is InChI=1S/C24H37FN2O2/c1-23(2)18-8-10-24(23,3)22(16-18)29-15-9-19(28)17-26-11-13-27(14-12-26)21-7-5-4-6-20(21)25/h4-7,18-19,22,28H,8-17H2,1-3H3/t18-,19-,22-,24-/m0/s1. The van der Waals surface area contributed by atoms with Crippen molar-refractivity contribution in [1.29, 1.82) is 0 Å². The van der Waals surface area contributed by atoms with E-state index in [0.717, 1.165) is 32.1 Å². The van der Waals surface area contributed by atoms with Crippen molar-refractivity contribution in [3.05, 3.63) is 30.1 Å². The molecule has 5 heteroatoms. The number of aliphatic hydroxyl groups excluding tert-OH is 1. The third-order valence-corrected chi connectivity index (χ3v) is 8.52. The second-order valence-corrected chi connectivity index (χ2v) is 10.2. The Hall–Kier alpha value is -1.17. The SMILES string of the molecule is CC1(C)[C@H]2CC[C@@]1(C)[C@@H](OCC[C@H](O)CN1CCN(c3ccccc3F)CC1)C2. The van der Waals surface area contributed by atoms with Gasteiger partial charge in [-0.3, -0.25) is 4.90 Å². The predicted molar refractivity (Wildman–Crippen MR) is 115 cm³/mol. The summed E-state index contributed by atoms with van der Waals surface area (Å²) in [5.41, 5.74) is 1.34. The van der Waals surface area contributed by atoms with Crippen LogP contribution in [-0.2, 0) is 4.74 Å². The van der Waals surface area contributed by atoms with Crippen LogP contribution >= 0.6 is 0 Å². The second-order valence-electron chi connectivity index (χ2n) is 10.2. The van der Waals surface area contributed by atoms with Crippen molar-refractivity contribution in [2.24, 2.45) is 16.7 Å². The summed E-state index contributed by atoms with van der Waals surface area (Å²) < 4.78 is 20.3. The first-order valence-corrected chi connectivity index (χ1v) is 11.3. The topological polar surface area (TPSA) is 35.9 Å². The number of aliphatic hydroxyl groups is 1. The van der Waals surface area contributed by atoms with Crippen LogP contribution in [0.2, 0.25) is 0 Å². The third-order valence-electron chi connectivity index (χ3n) is 8.52. The summed E-state index contributed by atoms with van der Waals surface area (Å²) in [6.45, 7) is 11.8. The van der Waals surface area contributed by atoms with Crippen LogP contribution in [0.4, 0.5) is 10.1 Å². The van der Waals surface area contributed by atoms with Crippen LogP contribution in [0.5, 0.6) is 0 Å². The Morgan fingerprint density at radius 3 is 2.52 bits per heavy atom. The minimum absolute atomic E-state index is 0.157. The average molecular weight is 405 g/mol. The van der Waals surface area contributed by atoms with E-state index in [1.54, 1.807) is 6.07 Å². The van der Waals surface area contributed by atoms with Gasteiger partial charge in [0.1, 0.15) is 5.82 Å². The van der Waals surface area contributed by atoms with E-state index in [4.69, 9.17) is 4.74 Å². The van der Waals surface area contributed by atoms with E-state index in [1.807, 2.05) is 12.1 Å². The van der Waals surface area contributed by atoms with Gasteiger partial charge in [-0.15, -0.1) is 0 Å². The summed E-state index contributed by atoms with van der Waals surface area (Å²) >= 11 is 0. The molecule has 1 aromatic carbocycles. The van der Waals surface area contributed by atoms with Crippen molar-refractivity contribution < 1.29 is 14.2 Å². The van der Waals surface area contributed by atoms with E-state index in [-0.39, 0.29) is 17.3 Å². The fraction of sp³-hybridized carbons (Fsp3) is 0.750. The summed E-state index contributed by atoms with van der Waals surface area (Å²) in [5.74, 6) is 0.629. The molecule has 0 radical (unpaired) electrons. The minimum Gasteiger partial charge on any atom is -0.392 e. The Morgan fingerprint density at radius 2 is 1.90 bits per heavy atom. The van der Waals surface area contributed by atoms with Gasteiger partial charge >= 0.3 is 0 Å². The monoisotopic (exact) mass is 404 g/mol. The number of rotatable bonds is 7. The first-order valence-electron chi connectivity index (χ1n) is 11.3. The fourth-order valence-corrected chi connectivity index (χ4v) is 6.00. The molecule has 4 rings (SSSR count). The van der Waals surface area contributed by atoms with Crippen molar-refractivity contribution >= 4 is 5.69 Å². The maximum atomic E-state index is 14.0. The number of para-hydroxylation sites is 1. The summed E-state index contributed by atoms with van der Waals surface area (Å²) in [5, 5.41) is 10.5. The largest absolute Gasteiger partial charge is 0.392 e. The molecule has 1 aromatic rings. The minimum atomic E-state index is -0.366. The van der Waals surface area contributed by atoms with E-state index in [2.05, 4.69) is 30.6 Å². The number of benzene rings is 1. The van der Waals surface area contributed by atoms with Gasteiger partial charge in [-0.05, 0) is 54.6 Å². The van der Waals surface area contributed by atoms with E-state index in [9.17, 15) is 9.50 Å². The zero-order chi connectivity index (χ0) is 20.6. The lowest BCUT2D eigenvalue weighted by atomic mass is 9.70. The molecule has 2 aliphatic carbocycles. The molecule has 1 aliphatic heterocycles. The normalized spacial score (nSPS) is 32.7. The van der Waals surface area contributed by atoms with Crippen molar-refractivity contribution in [2.75, 3.05) is 44.2 Å². The van der Waals surface area contributed by atoms with E-state index in [0.29, 0.717) is 36.8 Å². The smallest absolute Gasteiger partial charge is 0.146 e. The zero-order valence-corrected chi connectivity index (χ0v) is 18.2. The van der Waals surface area contributed by atoms with Gasteiger partial charge in [0.15, 0.2) is 0 Å². The number of piperazine rings is 1. The van der Waals surface area contributed by atoms with E-state index < -0.39 is 0 Å². The maximum absolute atomic E-state index is 14.0. The van der Waals surface area contributed by atoms with Crippen LogP contribution in [-0.4, -0.2) is 61.5 Å². The highest BCUT2D eigenvalue weighted by molar-refractivity contribution is 5.47. The Bertz CT molecular complexity index is 704. The molecular formula is C24H37FN2O2. The lowest BCUT2D eigenvalue weighted by Crippen LogP contribution is -2.49. The molecule has 162 valence electrons. The van der Waals surface area contributed by atoms with Gasteiger partial charge in [0.25, 0.3) is 0 Å². The highest BCUT2D eigenvalue weighted by Crippen LogP contribution is 2.66. The van der Waals surface area contributed by atoms with Gasteiger partial charge in [0, 0.05) is 39.3 Å². The second kappa shape index (κ2) is 8.16. The fourth-order valence-electron chi connectivity index (χ4n) is 6.00. The summed E-state index contributed by atoms with van der Waals surface area (Å²) in [6, 6.07) is 6.97. The highest BCUT2D eigenvalue weighted by Gasteiger charge is 2.61. The number of fused-ring (bicyclic) bond motifs is 2. The Balaban J connectivity index is 1.18. The molecule has 1 N–H and O–H groups in total. The molecule has 2 saturated carbocycles. The van der Waals surface area contributed by atoms with Crippen LogP contribution < -0.4 is 4.90 Å². The lowest BCUT2D eigenvalue weighted by Gasteiger charge is -2.39. The molecule has 4 nitrogen and oxygen atoms in total. The molecule has 2 bridgehead atoms. The molecule has 1 saturated heterocycles. The van der Waals surface area contributed by atoms with Crippen molar-refractivity contribution in [3.63, 3.8) is 0 Å². The van der Waals surface area contributed by atoms with E-state index in [1.165, 1.54) is 25.3 Å². The number of halogens is 1. The van der Waals surface area contributed by atoms with Crippen LogP contribution in [0, 0.1) is 22.6 Å².